The van der Waals surface area contributed by atoms with E-state index in [9.17, 15) is 13.2 Å². The summed E-state index contributed by atoms with van der Waals surface area (Å²) in [6.45, 7) is 1.32. The molecule has 0 spiro atoms. The van der Waals surface area contributed by atoms with Crippen LogP contribution in [0.4, 0.5) is 0 Å². The van der Waals surface area contributed by atoms with Gasteiger partial charge < -0.3 is 18.9 Å². The van der Waals surface area contributed by atoms with Crippen molar-refractivity contribution >= 4 is 22.1 Å². The van der Waals surface area contributed by atoms with E-state index in [4.69, 9.17) is 18.9 Å². The van der Waals surface area contributed by atoms with E-state index in [1.54, 1.807) is 25.1 Å². The van der Waals surface area contributed by atoms with Crippen molar-refractivity contribution in [1.29, 1.82) is 0 Å². The van der Waals surface area contributed by atoms with E-state index in [-0.39, 0.29) is 4.90 Å². The van der Waals surface area contributed by atoms with Gasteiger partial charge in [0.05, 0.1) is 46.1 Å². The molecule has 11 heteroatoms. The molecular weight excluding hydrogens is 438 g/mol. The molecule has 2 aromatic rings. The molecule has 1 N–H and O–H groups in total. The molecule has 0 atom stereocenters. The van der Waals surface area contributed by atoms with E-state index < -0.39 is 22.5 Å². The predicted molar refractivity (Wildman–Crippen MR) is 119 cm³/mol. The maximum atomic E-state index is 12.8. The molecule has 0 aliphatic rings. The number of carbonyl (C=O) groups is 1. The third-order valence-electron chi connectivity index (χ3n) is 4.57. The summed E-state index contributed by atoms with van der Waals surface area (Å²) in [4.78, 5) is 12.3. The van der Waals surface area contributed by atoms with Crippen molar-refractivity contribution < 1.29 is 32.2 Å². The lowest BCUT2D eigenvalue weighted by Gasteiger charge is -2.17. The van der Waals surface area contributed by atoms with Crippen LogP contribution in [-0.4, -0.2) is 66.9 Å². The Morgan fingerprint density at radius 2 is 1.62 bits per heavy atom. The molecule has 0 saturated heterocycles. The van der Waals surface area contributed by atoms with E-state index in [0.29, 0.717) is 34.1 Å². The van der Waals surface area contributed by atoms with Gasteiger partial charge in [0.1, 0.15) is 5.75 Å². The lowest BCUT2D eigenvalue weighted by molar-refractivity contribution is -0.121. The summed E-state index contributed by atoms with van der Waals surface area (Å²) < 4.78 is 47.5. The van der Waals surface area contributed by atoms with Gasteiger partial charge in [-0.15, -0.1) is 0 Å². The molecule has 0 unspecified atom stereocenters. The van der Waals surface area contributed by atoms with Gasteiger partial charge in [-0.05, 0) is 42.8 Å². The Kier molecular flexibility index (Phi) is 8.44. The Morgan fingerprint density at radius 3 is 2.19 bits per heavy atom. The number of hydrogen-bond acceptors (Lipinski definition) is 8. The largest absolute Gasteiger partial charge is 0.496 e. The van der Waals surface area contributed by atoms with Gasteiger partial charge in [0.15, 0.2) is 11.5 Å². The van der Waals surface area contributed by atoms with E-state index in [1.807, 2.05) is 0 Å². The number of rotatable bonds is 10. The van der Waals surface area contributed by atoms with Crippen molar-refractivity contribution in [3.8, 4) is 23.0 Å². The van der Waals surface area contributed by atoms with E-state index in [0.717, 1.165) is 4.31 Å². The summed E-state index contributed by atoms with van der Waals surface area (Å²) in [5.74, 6) is 1.19. The highest BCUT2D eigenvalue weighted by atomic mass is 32.2. The molecule has 0 radical (unpaired) electrons. The van der Waals surface area contributed by atoms with Crippen LogP contribution < -0.4 is 24.4 Å². The first-order valence-corrected chi connectivity index (χ1v) is 10.8. The quantitative estimate of drug-likeness (QED) is 0.420. The highest BCUT2D eigenvalue weighted by Gasteiger charge is 2.23. The Bertz CT molecular complexity index is 1100. The fraction of sp³-hybridized carbons (Fsp3) is 0.333. The first-order chi connectivity index (χ1) is 15.2. The number of nitrogens with one attached hydrogen (secondary N) is 1. The Hall–Kier alpha value is -3.31. The second-order valence-electron chi connectivity index (χ2n) is 6.61. The summed E-state index contributed by atoms with van der Waals surface area (Å²) in [7, 11) is 3.39. The zero-order valence-electron chi connectivity index (χ0n) is 18.8. The van der Waals surface area contributed by atoms with Gasteiger partial charge in [-0.25, -0.2) is 13.8 Å². The van der Waals surface area contributed by atoms with Gasteiger partial charge in [0, 0.05) is 12.6 Å². The molecule has 10 nitrogen and oxygen atoms in total. The average molecular weight is 466 g/mol. The zero-order chi connectivity index (χ0) is 23.9. The number of hydrogen-bond donors (Lipinski definition) is 1. The Labute approximate surface area is 187 Å². The molecule has 0 bridgehead atoms. The molecule has 0 heterocycles. The number of likely N-dealkylation sites (N-methyl/N-ethyl adjacent to an activating group) is 1. The lowest BCUT2D eigenvalue weighted by atomic mass is 10.2. The fourth-order valence-electron chi connectivity index (χ4n) is 2.91. The highest BCUT2D eigenvalue weighted by Crippen LogP contribution is 2.38. The predicted octanol–water partition coefficient (Wildman–Crippen LogP) is 1.80. The minimum absolute atomic E-state index is 0.0599. The monoisotopic (exact) mass is 465 g/mol. The van der Waals surface area contributed by atoms with Crippen LogP contribution in [-0.2, 0) is 14.8 Å². The number of benzene rings is 2. The lowest BCUT2D eigenvalue weighted by Crippen LogP contribution is -2.36. The summed E-state index contributed by atoms with van der Waals surface area (Å²) in [6, 6.07) is 7.83. The van der Waals surface area contributed by atoms with Gasteiger partial charge in [0.25, 0.3) is 5.91 Å². The topological polar surface area (TPSA) is 116 Å². The van der Waals surface area contributed by atoms with Crippen LogP contribution in [0, 0.1) is 6.92 Å². The smallest absolute Gasteiger partial charge is 0.255 e. The number of sulfonamides is 1. The highest BCUT2D eigenvalue weighted by molar-refractivity contribution is 7.89. The number of nitrogens with zero attached hydrogens (tertiary/aromatic N) is 2. The molecule has 0 aliphatic heterocycles. The summed E-state index contributed by atoms with van der Waals surface area (Å²) in [5.41, 5.74) is 3.50. The molecule has 0 aliphatic carbocycles. The number of carbonyl (C=O) groups excluding carboxylic acids is 1. The first-order valence-electron chi connectivity index (χ1n) is 9.41. The van der Waals surface area contributed by atoms with Crippen LogP contribution in [0.2, 0.25) is 0 Å². The maximum absolute atomic E-state index is 12.8. The molecule has 0 saturated carbocycles. The summed E-state index contributed by atoms with van der Waals surface area (Å²) in [6.07, 6.45) is 1.36. The molecule has 32 heavy (non-hydrogen) atoms. The molecule has 0 fully saturated rings. The second-order valence-corrected chi connectivity index (χ2v) is 8.65. The normalized spacial score (nSPS) is 11.5. The molecular formula is C21H27N3O7S. The van der Waals surface area contributed by atoms with Crippen LogP contribution in [0.15, 0.2) is 40.3 Å². The van der Waals surface area contributed by atoms with Crippen LogP contribution in [0.25, 0.3) is 0 Å². The molecule has 2 aromatic carbocycles. The molecule has 174 valence electrons. The number of ether oxygens (including phenoxy) is 4. The summed E-state index contributed by atoms with van der Waals surface area (Å²) >= 11 is 0. The van der Waals surface area contributed by atoms with Crippen LogP contribution >= 0.6 is 0 Å². The van der Waals surface area contributed by atoms with Gasteiger partial charge in [0.2, 0.25) is 15.8 Å². The third-order valence-corrected chi connectivity index (χ3v) is 6.37. The third kappa shape index (κ3) is 5.48. The summed E-state index contributed by atoms with van der Waals surface area (Å²) in [5, 5.41) is 3.89. The number of aryl methyl sites for hydroxylation is 1. The van der Waals surface area contributed by atoms with Crippen molar-refractivity contribution in [2.45, 2.75) is 11.8 Å². The SMILES string of the molecule is COc1ccc(S(=O)(=O)N(C)CC(=O)N/N=C\c2ccc(OC)c(OC)c2OC)cc1C. The van der Waals surface area contributed by atoms with Crippen molar-refractivity contribution in [1.82, 2.24) is 9.73 Å². The van der Waals surface area contributed by atoms with E-state index in [1.165, 1.54) is 53.8 Å². The standard InChI is InChI=1S/C21H27N3O7S/c1-14-11-16(8-10-17(14)28-3)32(26,27)24(2)13-19(25)23-22-12-15-7-9-18(29-4)21(31-6)20(15)30-5/h7-12H,13H2,1-6H3,(H,23,25)/b22-12-. The van der Waals surface area contributed by atoms with Crippen molar-refractivity contribution in [2.24, 2.45) is 5.10 Å². The number of amides is 1. The Morgan fingerprint density at radius 1 is 1.00 bits per heavy atom. The van der Waals surface area contributed by atoms with E-state index >= 15 is 0 Å². The van der Waals surface area contributed by atoms with Crippen LogP contribution in [0.1, 0.15) is 11.1 Å². The van der Waals surface area contributed by atoms with Gasteiger partial charge in [-0.2, -0.15) is 9.41 Å². The average Bonchev–Trinajstić information content (AvgIpc) is 2.78. The van der Waals surface area contributed by atoms with Gasteiger partial charge in [-0.1, -0.05) is 0 Å². The van der Waals surface area contributed by atoms with E-state index in [2.05, 4.69) is 10.5 Å². The van der Waals surface area contributed by atoms with Crippen molar-refractivity contribution in [2.75, 3.05) is 42.0 Å². The van der Waals surface area contributed by atoms with Crippen molar-refractivity contribution in [3.05, 3.63) is 41.5 Å². The molecule has 2 rings (SSSR count). The fourth-order valence-corrected chi connectivity index (χ4v) is 4.13. The second kappa shape index (κ2) is 10.8. The van der Waals surface area contributed by atoms with Gasteiger partial charge >= 0.3 is 0 Å². The number of methoxy groups -OCH3 is 4. The van der Waals surface area contributed by atoms with Crippen molar-refractivity contribution in [3.63, 3.8) is 0 Å². The minimum atomic E-state index is -3.87. The zero-order valence-corrected chi connectivity index (χ0v) is 19.6. The molecule has 1 amide bonds. The Balaban J connectivity index is 2.09. The maximum Gasteiger partial charge on any atom is 0.255 e. The molecule has 0 aromatic heterocycles. The number of hydrazone groups is 1. The van der Waals surface area contributed by atoms with Crippen LogP contribution in [0.3, 0.4) is 0 Å². The first kappa shape index (κ1) is 25.0. The van der Waals surface area contributed by atoms with Crippen LogP contribution in [0.5, 0.6) is 23.0 Å². The van der Waals surface area contributed by atoms with Gasteiger partial charge in [-0.3, -0.25) is 4.79 Å². The minimum Gasteiger partial charge on any atom is -0.496 e.